The number of primary sulfonamides is 1. The van der Waals surface area contributed by atoms with Gasteiger partial charge in [0.05, 0.1) is 4.90 Å². The van der Waals surface area contributed by atoms with E-state index in [0.29, 0.717) is 0 Å². The molecule has 3 aromatic rings. The number of rotatable bonds is 4. The molecule has 2 heterocycles. The van der Waals surface area contributed by atoms with Crippen LogP contribution in [0.1, 0.15) is 35.1 Å². The van der Waals surface area contributed by atoms with Gasteiger partial charge in [-0.05, 0) is 58.9 Å². The van der Waals surface area contributed by atoms with Crippen LogP contribution < -0.4 is 5.14 Å². The smallest absolute Gasteiger partial charge is 0.238 e. The summed E-state index contributed by atoms with van der Waals surface area (Å²) in [6.45, 7) is 2.94. The second kappa shape index (κ2) is 9.92. The molecule has 2 aliphatic rings. The largest absolute Gasteiger partial charge is 0.299 e. The predicted octanol–water partition coefficient (Wildman–Crippen LogP) is 5.55. The molecule has 174 valence electrons. The van der Waals surface area contributed by atoms with Crippen LogP contribution in [0.4, 0.5) is 0 Å². The lowest BCUT2D eigenvalue weighted by atomic mass is 9.86. The molecule has 1 saturated heterocycles. The molecular weight excluding hydrogens is 460 g/mol. The van der Waals surface area contributed by atoms with Crippen molar-refractivity contribution in [1.82, 2.24) is 4.90 Å². The van der Waals surface area contributed by atoms with Gasteiger partial charge in [0.15, 0.2) is 0 Å². The molecule has 0 radical (unpaired) electrons. The lowest BCUT2D eigenvalue weighted by molar-refractivity contribution is 0.284. The van der Waals surface area contributed by atoms with E-state index >= 15 is 0 Å². The third-order valence-electron chi connectivity index (χ3n) is 6.52. The van der Waals surface area contributed by atoms with Crippen molar-refractivity contribution in [3.8, 4) is 0 Å². The van der Waals surface area contributed by atoms with Gasteiger partial charge in [0.25, 0.3) is 0 Å². The van der Waals surface area contributed by atoms with Crippen molar-refractivity contribution in [2.45, 2.75) is 28.4 Å². The Labute approximate surface area is 206 Å². The van der Waals surface area contributed by atoms with E-state index in [1.54, 1.807) is 29.8 Å². The summed E-state index contributed by atoms with van der Waals surface area (Å²) in [5, 5.41) is 5.17. The standard InChI is InChI=1S/C28H28N2O2S2/c29-34(31,32)24-13-11-21(12-14-24)6-5-17-30-18-15-22(16-19-30)28-25-8-2-1-7-23(25)20-33-27-10-4-3-9-26(27)28/h1-14H,15-20H2,(H2,29,31,32)/b6-5+. The maximum atomic E-state index is 11.4. The van der Waals surface area contributed by atoms with Crippen LogP contribution in [0.5, 0.6) is 0 Å². The van der Waals surface area contributed by atoms with Gasteiger partial charge >= 0.3 is 0 Å². The average Bonchev–Trinajstić information content (AvgIpc) is 3.01. The number of nitrogens with zero attached hydrogens (tertiary/aromatic N) is 1. The summed E-state index contributed by atoms with van der Waals surface area (Å²) in [6.07, 6.45) is 6.33. The zero-order chi connectivity index (χ0) is 23.5. The van der Waals surface area contributed by atoms with Crippen LogP contribution in [0.3, 0.4) is 0 Å². The van der Waals surface area contributed by atoms with E-state index in [0.717, 1.165) is 43.8 Å². The first-order chi connectivity index (χ1) is 16.5. The summed E-state index contributed by atoms with van der Waals surface area (Å²) < 4.78 is 22.8. The fourth-order valence-electron chi connectivity index (χ4n) is 4.73. The van der Waals surface area contributed by atoms with E-state index < -0.39 is 10.0 Å². The van der Waals surface area contributed by atoms with E-state index in [1.165, 1.54) is 27.2 Å². The number of piperidine rings is 1. The molecule has 4 nitrogen and oxygen atoms in total. The van der Waals surface area contributed by atoms with Crippen LogP contribution in [0, 0.1) is 0 Å². The third kappa shape index (κ3) is 5.05. The molecule has 0 amide bonds. The number of hydrogen-bond donors (Lipinski definition) is 1. The number of hydrogen-bond acceptors (Lipinski definition) is 4. The summed E-state index contributed by atoms with van der Waals surface area (Å²) >= 11 is 1.94. The first-order valence-electron chi connectivity index (χ1n) is 11.5. The van der Waals surface area contributed by atoms with E-state index in [1.807, 2.05) is 17.8 Å². The molecule has 0 aliphatic carbocycles. The van der Waals surface area contributed by atoms with Crippen molar-refractivity contribution in [2.75, 3.05) is 19.6 Å². The van der Waals surface area contributed by atoms with Crippen molar-refractivity contribution in [3.05, 3.63) is 107 Å². The fraction of sp³-hybridized carbons (Fsp3) is 0.214. The van der Waals surface area contributed by atoms with Crippen molar-refractivity contribution in [2.24, 2.45) is 5.14 Å². The summed E-state index contributed by atoms with van der Waals surface area (Å²) in [4.78, 5) is 3.99. The Hall–Kier alpha value is -2.64. The number of sulfonamides is 1. The zero-order valence-electron chi connectivity index (χ0n) is 19.0. The van der Waals surface area contributed by atoms with E-state index in [2.05, 4.69) is 59.5 Å². The number of thioether (sulfide) groups is 1. The number of likely N-dealkylation sites (tertiary alicyclic amines) is 1. The van der Waals surface area contributed by atoms with Crippen LogP contribution >= 0.6 is 11.8 Å². The van der Waals surface area contributed by atoms with Gasteiger partial charge in [0.1, 0.15) is 0 Å². The summed E-state index contributed by atoms with van der Waals surface area (Å²) in [7, 11) is -3.65. The van der Waals surface area contributed by atoms with Gasteiger partial charge in [-0.25, -0.2) is 13.6 Å². The molecule has 0 spiro atoms. The van der Waals surface area contributed by atoms with Gasteiger partial charge in [0.2, 0.25) is 10.0 Å². The summed E-state index contributed by atoms with van der Waals surface area (Å²) in [5.41, 5.74) is 8.17. The highest BCUT2D eigenvalue weighted by atomic mass is 32.2. The van der Waals surface area contributed by atoms with Crippen LogP contribution in [0.15, 0.2) is 94.2 Å². The van der Waals surface area contributed by atoms with Gasteiger partial charge in [-0.15, -0.1) is 11.8 Å². The normalized spacial score (nSPS) is 16.9. The van der Waals surface area contributed by atoms with E-state index in [9.17, 15) is 8.42 Å². The van der Waals surface area contributed by atoms with Gasteiger partial charge in [0, 0.05) is 30.3 Å². The number of nitrogens with two attached hydrogens (primary N) is 1. The Kier molecular flexibility index (Phi) is 6.75. The molecule has 6 heteroatoms. The summed E-state index contributed by atoms with van der Waals surface area (Å²) in [6, 6.07) is 24.4. The van der Waals surface area contributed by atoms with Crippen molar-refractivity contribution >= 4 is 33.4 Å². The fourth-order valence-corrected chi connectivity index (χ4v) is 6.31. The molecule has 0 saturated carbocycles. The molecule has 1 fully saturated rings. The maximum absolute atomic E-state index is 11.4. The van der Waals surface area contributed by atoms with Crippen LogP contribution in [-0.2, 0) is 15.8 Å². The van der Waals surface area contributed by atoms with E-state index in [-0.39, 0.29) is 4.90 Å². The van der Waals surface area contributed by atoms with Gasteiger partial charge in [-0.2, -0.15) is 0 Å². The highest BCUT2D eigenvalue weighted by molar-refractivity contribution is 7.98. The Morgan fingerprint density at radius 2 is 1.56 bits per heavy atom. The van der Waals surface area contributed by atoms with Crippen LogP contribution in [0.2, 0.25) is 0 Å². The molecule has 2 aliphatic heterocycles. The Morgan fingerprint density at radius 3 is 2.29 bits per heavy atom. The van der Waals surface area contributed by atoms with Gasteiger partial charge < -0.3 is 0 Å². The molecule has 0 unspecified atom stereocenters. The second-order valence-electron chi connectivity index (χ2n) is 8.74. The maximum Gasteiger partial charge on any atom is 0.238 e. The van der Waals surface area contributed by atoms with Crippen LogP contribution in [-0.4, -0.2) is 33.0 Å². The molecule has 0 atom stereocenters. The Balaban J connectivity index is 1.31. The summed E-state index contributed by atoms with van der Waals surface area (Å²) in [5.74, 6) is 1.01. The van der Waals surface area contributed by atoms with Crippen LogP contribution in [0.25, 0.3) is 11.6 Å². The Morgan fingerprint density at radius 1 is 0.882 bits per heavy atom. The highest BCUT2D eigenvalue weighted by Gasteiger charge is 2.23. The SMILES string of the molecule is NS(=O)(=O)c1ccc(/C=C/CN2CCC(=C3c4ccccc4CSc4ccccc43)CC2)cc1. The van der Waals surface area contributed by atoms with Gasteiger partial charge in [-0.3, -0.25) is 4.90 Å². The first kappa shape index (κ1) is 23.1. The van der Waals surface area contributed by atoms with Crippen molar-refractivity contribution < 1.29 is 8.42 Å². The predicted molar refractivity (Wildman–Crippen MR) is 141 cm³/mol. The second-order valence-corrected chi connectivity index (χ2v) is 11.3. The first-order valence-corrected chi connectivity index (χ1v) is 14.1. The lowest BCUT2D eigenvalue weighted by Gasteiger charge is -2.29. The van der Waals surface area contributed by atoms with Crippen molar-refractivity contribution in [3.63, 3.8) is 0 Å². The third-order valence-corrected chi connectivity index (χ3v) is 8.57. The minimum absolute atomic E-state index is 0.140. The topological polar surface area (TPSA) is 63.4 Å². The average molecular weight is 489 g/mol. The molecule has 3 aromatic carbocycles. The lowest BCUT2D eigenvalue weighted by Crippen LogP contribution is -2.31. The minimum Gasteiger partial charge on any atom is -0.299 e. The van der Waals surface area contributed by atoms with E-state index in [4.69, 9.17) is 5.14 Å². The molecule has 0 bridgehead atoms. The Bertz CT molecular complexity index is 1300. The molecule has 2 N–H and O–H groups in total. The molecule has 34 heavy (non-hydrogen) atoms. The monoisotopic (exact) mass is 488 g/mol. The zero-order valence-corrected chi connectivity index (χ0v) is 20.6. The molecular formula is C28H28N2O2S2. The highest BCUT2D eigenvalue weighted by Crippen LogP contribution is 2.43. The molecule has 5 rings (SSSR count). The quantitative estimate of drug-likeness (QED) is 0.523. The van der Waals surface area contributed by atoms with Gasteiger partial charge in [-0.1, -0.05) is 72.3 Å². The number of fused-ring (bicyclic) bond motifs is 2. The number of benzene rings is 3. The minimum atomic E-state index is -3.65. The molecule has 0 aromatic heterocycles. The van der Waals surface area contributed by atoms with Crippen molar-refractivity contribution in [1.29, 1.82) is 0 Å².